The van der Waals surface area contributed by atoms with Crippen LogP contribution in [0.15, 0.2) is 11.1 Å². The number of aromatic nitrogens is 3. The molecule has 4 nitrogen and oxygen atoms in total. The van der Waals surface area contributed by atoms with Gasteiger partial charge in [0.15, 0.2) is 0 Å². The highest BCUT2D eigenvalue weighted by Crippen LogP contribution is 2.29. The second-order valence-corrected chi connectivity index (χ2v) is 3.70. The Morgan fingerprint density at radius 3 is 2.64 bits per heavy atom. The lowest BCUT2D eigenvalue weighted by atomic mass is 10.8. The van der Waals surface area contributed by atoms with Crippen molar-refractivity contribution >= 4 is 11.8 Å². The number of alkyl halides is 3. The summed E-state index contributed by atoms with van der Waals surface area (Å²) in [6.07, 6.45) is 1.26. The molecule has 0 saturated carbocycles. The van der Waals surface area contributed by atoms with Crippen LogP contribution in [0.25, 0.3) is 0 Å². The number of thioether (sulfide) groups is 1. The molecule has 0 bridgehead atoms. The SMILES string of the molecule is Cn1cnn(CCSC(F)(F)F)c1=O. The summed E-state index contributed by atoms with van der Waals surface area (Å²) >= 11 is -0.163. The molecular weight excluding hydrogens is 219 g/mol. The maximum atomic E-state index is 11.7. The van der Waals surface area contributed by atoms with Gasteiger partial charge in [-0.1, -0.05) is 0 Å². The number of aryl methyl sites for hydroxylation is 2. The van der Waals surface area contributed by atoms with Crippen molar-refractivity contribution < 1.29 is 13.2 Å². The monoisotopic (exact) mass is 227 g/mol. The number of nitrogens with zero attached hydrogens (tertiary/aromatic N) is 3. The molecular formula is C6H8F3N3OS. The summed E-state index contributed by atoms with van der Waals surface area (Å²) in [5.41, 5.74) is -4.66. The molecule has 0 aliphatic heterocycles. The largest absolute Gasteiger partial charge is 0.441 e. The van der Waals surface area contributed by atoms with Crippen molar-refractivity contribution in [1.82, 2.24) is 14.3 Å². The van der Waals surface area contributed by atoms with Gasteiger partial charge in [-0.15, -0.1) is 0 Å². The van der Waals surface area contributed by atoms with E-state index in [0.29, 0.717) is 0 Å². The molecule has 0 fully saturated rings. The third-order valence-electron chi connectivity index (χ3n) is 1.46. The first kappa shape index (κ1) is 11.2. The van der Waals surface area contributed by atoms with Gasteiger partial charge in [0, 0.05) is 12.8 Å². The highest BCUT2D eigenvalue weighted by atomic mass is 32.2. The van der Waals surface area contributed by atoms with E-state index in [1.54, 1.807) is 0 Å². The van der Waals surface area contributed by atoms with E-state index in [1.807, 2.05) is 0 Å². The van der Waals surface area contributed by atoms with Crippen LogP contribution in [0, 0.1) is 0 Å². The highest BCUT2D eigenvalue weighted by molar-refractivity contribution is 8.00. The third-order valence-corrected chi connectivity index (χ3v) is 2.17. The van der Waals surface area contributed by atoms with Crippen molar-refractivity contribution in [2.75, 3.05) is 5.75 Å². The molecule has 0 atom stereocenters. The Hall–Kier alpha value is -0.920. The Morgan fingerprint density at radius 1 is 1.57 bits per heavy atom. The zero-order valence-corrected chi connectivity index (χ0v) is 8.10. The molecule has 8 heteroatoms. The van der Waals surface area contributed by atoms with Gasteiger partial charge in [0.05, 0.1) is 6.54 Å². The molecule has 0 N–H and O–H groups in total. The summed E-state index contributed by atoms with van der Waals surface area (Å²) in [5.74, 6) is -0.208. The van der Waals surface area contributed by atoms with Crippen LogP contribution in [0.1, 0.15) is 0 Å². The average Bonchev–Trinajstić information content (AvgIpc) is 2.33. The van der Waals surface area contributed by atoms with Gasteiger partial charge in [-0.3, -0.25) is 4.57 Å². The molecule has 1 aromatic rings. The van der Waals surface area contributed by atoms with Gasteiger partial charge in [0.2, 0.25) is 0 Å². The van der Waals surface area contributed by atoms with E-state index in [2.05, 4.69) is 5.10 Å². The summed E-state index contributed by atoms with van der Waals surface area (Å²) in [4.78, 5) is 11.1. The minimum atomic E-state index is -4.25. The van der Waals surface area contributed by atoms with Crippen LogP contribution in [-0.4, -0.2) is 25.6 Å². The normalized spacial score (nSPS) is 12.0. The number of rotatable bonds is 3. The molecule has 14 heavy (non-hydrogen) atoms. The third kappa shape index (κ3) is 3.09. The van der Waals surface area contributed by atoms with Crippen LogP contribution >= 0.6 is 11.8 Å². The van der Waals surface area contributed by atoms with Gasteiger partial charge in [-0.2, -0.15) is 18.3 Å². The molecule has 1 heterocycles. The Morgan fingerprint density at radius 2 is 2.21 bits per heavy atom. The van der Waals surface area contributed by atoms with Gasteiger partial charge in [0.25, 0.3) is 0 Å². The Labute approximate surface area is 81.7 Å². The van der Waals surface area contributed by atoms with Crippen LogP contribution in [0.2, 0.25) is 0 Å². The molecule has 1 rings (SSSR count). The van der Waals surface area contributed by atoms with E-state index in [-0.39, 0.29) is 24.1 Å². The Kier molecular flexibility index (Phi) is 3.25. The fourth-order valence-corrected chi connectivity index (χ4v) is 1.32. The lowest BCUT2D eigenvalue weighted by Crippen LogP contribution is -2.24. The van der Waals surface area contributed by atoms with Crippen molar-refractivity contribution in [3.63, 3.8) is 0 Å². The van der Waals surface area contributed by atoms with Gasteiger partial charge in [0.1, 0.15) is 6.33 Å². The summed E-state index contributed by atoms with van der Waals surface area (Å²) in [5, 5.41) is 3.62. The number of hydrogen-bond acceptors (Lipinski definition) is 3. The molecule has 0 unspecified atom stereocenters. The Bertz CT molecular complexity index is 356. The Balaban J connectivity index is 2.47. The van der Waals surface area contributed by atoms with Crippen LogP contribution in [-0.2, 0) is 13.6 Å². The van der Waals surface area contributed by atoms with Crippen LogP contribution in [0.3, 0.4) is 0 Å². The molecule has 0 radical (unpaired) electrons. The molecule has 0 saturated heterocycles. The van der Waals surface area contributed by atoms with Crippen molar-refractivity contribution in [2.45, 2.75) is 12.1 Å². The van der Waals surface area contributed by atoms with Crippen molar-refractivity contribution in [2.24, 2.45) is 7.05 Å². The van der Waals surface area contributed by atoms with Gasteiger partial charge < -0.3 is 0 Å². The molecule has 1 aromatic heterocycles. The zero-order valence-electron chi connectivity index (χ0n) is 7.28. The van der Waals surface area contributed by atoms with Crippen molar-refractivity contribution in [1.29, 1.82) is 0 Å². The summed E-state index contributed by atoms with van der Waals surface area (Å²) in [6.45, 7) is -0.0378. The van der Waals surface area contributed by atoms with E-state index in [0.717, 1.165) is 4.68 Å². The standard InChI is InChI=1S/C6H8F3N3OS/c1-11-4-10-12(5(11)13)2-3-14-6(7,8)9/h4H,2-3H2,1H3. The van der Waals surface area contributed by atoms with Gasteiger partial charge in [-0.05, 0) is 11.8 Å². The van der Waals surface area contributed by atoms with Crippen molar-refractivity contribution in [3.05, 3.63) is 16.8 Å². The zero-order chi connectivity index (χ0) is 10.8. The predicted octanol–water partition coefficient (Wildman–Crippen LogP) is 0.835. The van der Waals surface area contributed by atoms with Crippen LogP contribution in [0.4, 0.5) is 13.2 Å². The van der Waals surface area contributed by atoms with Crippen molar-refractivity contribution in [3.8, 4) is 0 Å². The first-order valence-electron chi connectivity index (χ1n) is 3.69. The lowest BCUT2D eigenvalue weighted by molar-refractivity contribution is -0.0328. The van der Waals surface area contributed by atoms with Crippen LogP contribution in [0.5, 0.6) is 0 Å². The molecule has 0 amide bonds. The van der Waals surface area contributed by atoms with E-state index >= 15 is 0 Å². The summed E-state index contributed by atoms with van der Waals surface area (Å²) in [6, 6.07) is 0. The molecule has 80 valence electrons. The second-order valence-electron chi connectivity index (χ2n) is 2.54. The van der Waals surface area contributed by atoms with E-state index in [9.17, 15) is 18.0 Å². The fraction of sp³-hybridized carbons (Fsp3) is 0.667. The predicted molar refractivity (Wildman–Crippen MR) is 46.0 cm³/mol. The highest BCUT2D eigenvalue weighted by Gasteiger charge is 2.27. The second kappa shape index (κ2) is 4.07. The average molecular weight is 227 g/mol. The number of halogens is 3. The summed E-state index contributed by atoms with van der Waals surface area (Å²) < 4.78 is 37.3. The van der Waals surface area contributed by atoms with E-state index < -0.39 is 11.2 Å². The molecule has 0 aliphatic rings. The maximum absolute atomic E-state index is 11.7. The molecule has 0 aliphatic carbocycles. The quantitative estimate of drug-likeness (QED) is 0.768. The first-order valence-corrected chi connectivity index (χ1v) is 4.68. The maximum Gasteiger partial charge on any atom is 0.441 e. The van der Waals surface area contributed by atoms with E-state index in [4.69, 9.17) is 0 Å². The summed E-state index contributed by atoms with van der Waals surface area (Å²) in [7, 11) is 1.49. The fourth-order valence-electron chi connectivity index (χ4n) is 0.822. The number of hydrogen-bond donors (Lipinski definition) is 0. The topological polar surface area (TPSA) is 39.8 Å². The lowest BCUT2D eigenvalue weighted by Gasteiger charge is -2.04. The van der Waals surface area contributed by atoms with E-state index in [1.165, 1.54) is 17.9 Å². The molecule has 0 aromatic carbocycles. The minimum Gasteiger partial charge on any atom is -0.285 e. The minimum absolute atomic E-state index is 0.0378. The first-order chi connectivity index (χ1) is 6.40. The van der Waals surface area contributed by atoms with Gasteiger partial charge >= 0.3 is 11.2 Å². The smallest absolute Gasteiger partial charge is 0.285 e. The van der Waals surface area contributed by atoms with Gasteiger partial charge in [-0.25, -0.2) is 9.48 Å². The molecule has 0 spiro atoms. The van der Waals surface area contributed by atoms with Crippen LogP contribution < -0.4 is 5.69 Å².